The average Bonchev–Trinajstić information content (AvgIpc) is 2.81. The lowest BCUT2D eigenvalue weighted by Crippen LogP contribution is -2.03. The maximum absolute atomic E-state index is 12.0. The van der Waals surface area contributed by atoms with Crippen LogP contribution >= 0.6 is 11.8 Å². The molecule has 0 saturated heterocycles. The highest BCUT2D eigenvalue weighted by Gasteiger charge is 2.09. The Morgan fingerprint density at radius 3 is 2.61 bits per heavy atom. The summed E-state index contributed by atoms with van der Waals surface area (Å²) in [5, 5.41) is 8.47. The van der Waals surface area contributed by atoms with Crippen LogP contribution in [0.1, 0.15) is 22.8 Å². The molecule has 0 aliphatic carbocycles. The molecule has 4 nitrogen and oxygen atoms in total. The van der Waals surface area contributed by atoms with Crippen molar-refractivity contribution in [2.45, 2.75) is 18.5 Å². The number of thioether (sulfide) groups is 1. The van der Waals surface area contributed by atoms with Gasteiger partial charge in [-0.1, -0.05) is 43.0 Å². The Morgan fingerprint density at radius 2 is 2.06 bits per heavy atom. The molecule has 2 aromatic rings. The summed E-state index contributed by atoms with van der Waals surface area (Å²) in [5.74, 6) is 0.503. The first-order chi connectivity index (χ1) is 8.70. The van der Waals surface area contributed by atoms with Gasteiger partial charge < -0.3 is 4.57 Å². The number of aryl methyl sites for hydroxylation is 2. The molecule has 0 amide bonds. The zero-order valence-corrected chi connectivity index (χ0v) is 11.3. The van der Waals surface area contributed by atoms with Crippen molar-refractivity contribution in [3.05, 3.63) is 41.7 Å². The molecule has 2 rings (SSSR count). The van der Waals surface area contributed by atoms with Crippen molar-refractivity contribution in [2.75, 3.05) is 5.75 Å². The number of nitrogens with zero attached hydrogens (tertiary/aromatic N) is 3. The van der Waals surface area contributed by atoms with Gasteiger partial charge in [0.1, 0.15) is 6.33 Å². The lowest BCUT2D eigenvalue weighted by Gasteiger charge is -2.02. The van der Waals surface area contributed by atoms with E-state index in [9.17, 15) is 4.79 Å². The first-order valence-electron chi connectivity index (χ1n) is 5.79. The minimum atomic E-state index is 0.116. The zero-order chi connectivity index (χ0) is 13.0. The number of aromatic nitrogens is 3. The van der Waals surface area contributed by atoms with Crippen LogP contribution in [-0.4, -0.2) is 26.3 Å². The van der Waals surface area contributed by atoms with Gasteiger partial charge in [0.15, 0.2) is 10.9 Å². The van der Waals surface area contributed by atoms with Crippen molar-refractivity contribution >= 4 is 17.5 Å². The van der Waals surface area contributed by atoms with Crippen molar-refractivity contribution in [2.24, 2.45) is 7.05 Å². The number of hydrogen-bond donors (Lipinski definition) is 0. The van der Waals surface area contributed by atoms with E-state index in [0.29, 0.717) is 5.75 Å². The van der Waals surface area contributed by atoms with Crippen molar-refractivity contribution < 1.29 is 4.79 Å². The largest absolute Gasteiger partial charge is 0.312 e. The number of benzene rings is 1. The van der Waals surface area contributed by atoms with Crippen LogP contribution in [0.5, 0.6) is 0 Å². The van der Waals surface area contributed by atoms with Gasteiger partial charge in [-0.25, -0.2) is 0 Å². The molecule has 94 valence electrons. The van der Waals surface area contributed by atoms with Gasteiger partial charge in [-0.05, 0) is 12.0 Å². The quantitative estimate of drug-likeness (QED) is 0.612. The Morgan fingerprint density at radius 1 is 1.33 bits per heavy atom. The Labute approximate surface area is 110 Å². The molecule has 1 heterocycles. The number of ketones is 1. The van der Waals surface area contributed by atoms with Gasteiger partial charge >= 0.3 is 0 Å². The van der Waals surface area contributed by atoms with E-state index in [4.69, 9.17) is 0 Å². The number of hydrogen-bond acceptors (Lipinski definition) is 4. The molecule has 0 aliphatic rings. The highest BCUT2D eigenvalue weighted by Crippen LogP contribution is 2.16. The number of carbonyl (C=O) groups excluding carboxylic acids is 1. The minimum Gasteiger partial charge on any atom is -0.312 e. The Balaban J connectivity index is 1.97. The number of carbonyl (C=O) groups is 1. The Bertz CT molecular complexity index is 533. The van der Waals surface area contributed by atoms with Crippen molar-refractivity contribution in [1.82, 2.24) is 14.8 Å². The minimum absolute atomic E-state index is 0.116. The second-order valence-electron chi connectivity index (χ2n) is 3.99. The van der Waals surface area contributed by atoms with Crippen LogP contribution < -0.4 is 0 Å². The van der Waals surface area contributed by atoms with E-state index in [0.717, 1.165) is 17.1 Å². The van der Waals surface area contributed by atoms with Crippen molar-refractivity contribution in [3.8, 4) is 0 Å². The van der Waals surface area contributed by atoms with E-state index in [1.165, 1.54) is 17.3 Å². The second kappa shape index (κ2) is 5.82. The average molecular weight is 261 g/mol. The predicted molar refractivity (Wildman–Crippen MR) is 71.9 cm³/mol. The summed E-state index contributed by atoms with van der Waals surface area (Å²) in [6.07, 6.45) is 2.62. The molecule has 0 atom stereocenters. The number of rotatable bonds is 5. The molecule has 0 bridgehead atoms. The first-order valence-corrected chi connectivity index (χ1v) is 6.78. The Hall–Kier alpha value is -1.62. The summed E-state index contributed by atoms with van der Waals surface area (Å²) in [6.45, 7) is 2.10. The summed E-state index contributed by atoms with van der Waals surface area (Å²) >= 11 is 1.41. The molecule has 0 spiro atoms. The maximum atomic E-state index is 12.0. The van der Waals surface area contributed by atoms with Crippen LogP contribution in [0.4, 0.5) is 0 Å². The fourth-order valence-electron chi connectivity index (χ4n) is 1.54. The molecule has 1 aromatic carbocycles. The normalized spacial score (nSPS) is 10.6. The standard InChI is InChI=1S/C13H15N3OS/c1-3-10-4-6-11(7-5-10)12(17)8-18-13-15-14-9-16(13)2/h4-7,9H,3,8H2,1-2H3. The first kappa shape index (κ1) is 12.8. The molecule has 0 aliphatic heterocycles. The molecule has 0 saturated carbocycles. The fraction of sp³-hybridized carbons (Fsp3) is 0.308. The lowest BCUT2D eigenvalue weighted by atomic mass is 10.1. The molecular weight excluding hydrogens is 246 g/mol. The molecule has 5 heteroatoms. The fourth-order valence-corrected chi connectivity index (χ4v) is 2.33. The lowest BCUT2D eigenvalue weighted by molar-refractivity contribution is 0.102. The smallest absolute Gasteiger partial charge is 0.191 e. The van der Waals surface area contributed by atoms with Gasteiger partial charge in [0.05, 0.1) is 5.75 Å². The van der Waals surface area contributed by atoms with E-state index >= 15 is 0 Å². The zero-order valence-electron chi connectivity index (χ0n) is 10.5. The summed E-state index contributed by atoms with van der Waals surface area (Å²) in [5.41, 5.74) is 1.99. The molecule has 0 radical (unpaired) electrons. The van der Waals surface area contributed by atoms with E-state index in [-0.39, 0.29) is 5.78 Å². The highest BCUT2D eigenvalue weighted by atomic mass is 32.2. The van der Waals surface area contributed by atoms with Crippen LogP contribution in [0.2, 0.25) is 0 Å². The van der Waals surface area contributed by atoms with Gasteiger partial charge in [-0.2, -0.15) is 0 Å². The van der Waals surface area contributed by atoms with E-state index in [2.05, 4.69) is 17.1 Å². The molecular formula is C13H15N3OS. The predicted octanol–water partition coefficient (Wildman–Crippen LogP) is 2.35. The van der Waals surface area contributed by atoms with Crippen LogP contribution in [-0.2, 0) is 13.5 Å². The Kier molecular flexibility index (Phi) is 4.15. The highest BCUT2D eigenvalue weighted by molar-refractivity contribution is 7.99. The van der Waals surface area contributed by atoms with Crippen molar-refractivity contribution in [1.29, 1.82) is 0 Å². The van der Waals surface area contributed by atoms with Gasteiger partial charge in [0, 0.05) is 12.6 Å². The number of Topliss-reactive ketones (excluding diaryl/α,β-unsaturated/α-hetero) is 1. The van der Waals surface area contributed by atoms with Gasteiger partial charge in [0.2, 0.25) is 0 Å². The summed E-state index contributed by atoms with van der Waals surface area (Å²) in [6, 6.07) is 7.78. The topological polar surface area (TPSA) is 47.8 Å². The maximum Gasteiger partial charge on any atom is 0.191 e. The second-order valence-corrected chi connectivity index (χ2v) is 4.93. The third kappa shape index (κ3) is 2.98. The van der Waals surface area contributed by atoms with Crippen LogP contribution in [0.15, 0.2) is 35.7 Å². The van der Waals surface area contributed by atoms with Gasteiger partial charge in [-0.3, -0.25) is 4.79 Å². The SMILES string of the molecule is CCc1ccc(C(=O)CSc2nncn2C)cc1. The summed E-state index contributed by atoms with van der Waals surface area (Å²) in [7, 11) is 1.86. The van der Waals surface area contributed by atoms with Crippen LogP contribution in [0, 0.1) is 0 Å². The third-order valence-electron chi connectivity index (χ3n) is 2.69. The summed E-state index contributed by atoms with van der Waals surface area (Å²) in [4.78, 5) is 12.0. The molecule has 1 aromatic heterocycles. The third-order valence-corrected chi connectivity index (χ3v) is 3.72. The van der Waals surface area contributed by atoms with E-state index in [1.54, 1.807) is 10.9 Å². The van der Waals surface area contributed by atoms with Crippen LogP contribution in [0.25, 0.3) is 0 Å². The van der Waals surface area contributed by atoms with E-state index < -0.39 is 0 Å². The van der Waals surface area contributed by atoms with Crippen molar-refractivity contribution in [3.63, 3.8) is 0 Å². The van der Waals surface area contributed by atoms with Gasteiger partial charge in [0.25, 0.3) is 0 Å². The van der Waals surface area contributed by atoms with Crippen LogP contribution in [0.3, 0.4) is 0 Å². The van der Waals surface area contributed by atoms with E-state index in [1.807, 2.05) is 31.3 Å². The van der Waals surface area contributed by atoms with Gasteiger partial charge in [-0.15, -0.1) is 10.2 Å². The molecule has 18 heavy (non-hydrogen) atoms. The monoisotopic (exact) mass is 261 g/mol. The molecule has 0 unspecified atom stereocenters. The summed E-state index contributed by atoms with van der Waals surface area (Å²) < 4.78 is 1.80. The molecule has 0 N–H and O–H groups in total. The molecule has 0 fully saturated rings.